The topological polar surface area (TPSA) is 54.4 Å². The standard InChI is InChI=1S/C14H11IO3/c16-13(17)14(15-18,11-7-3-1-4-8-11)12-9-5-2-6-10-12/h1-10H,(H,16,17). The summed E-state index contributed by atoms with van der Waals surface area (Å²) in [5.74, 6) is -1.07. The number of hydrogen-bond acceptors (Lipinski definition) is 2. The molecule has 0 atom stereocenters. The maximum atomic E-state index is 11.7. The first-order chi connectivity index (χ1) is 8.71. The number of carboxylic acids is 1. The Morgan fingerprint density at radius 2 is 1.28 bits per heavy atom. The second-order valence-corrected chi connectivity index (χ2v) is 5.83. The summed E-state index contributed by atoms with van der Waals surface area (Å²) in [5, 5.41) is 9.56. The van der Waals surface area contributed by atoms with Crippen LogP contribution in [0.25, 0.3) is 0 Å². The first-order valence-electron chi connectivity index (χ1n) is 5.34. The van der Waals surface area contributed by atoms with Crippen molar-refractivity contribution in [2.24, 2.45) is 0 Å². The fourth-order valence-electron chi connectivity index (χ4n) is 1.87. The molecule has 2 aromatic carbocycles. The molecule has 0 unspecified atom stereocenters. The minimum absolute atomic E-state index is 0.562. The molecule has 0 aliphatic carbocycles. The summed E-state index contributed by atoms with van der Waals surface area (Å²) < 4.78 is 10.3. The van der Waals surface area contributed by atoms with E-state index >= 15 is 0 Å². The van der Waals surface area contributed by atoms with Crippen molar-refractivity contribution in [3.8, 4) is 0 Å². The number of hydrogen-bond donors (Lipinski definition) is 1. The second-order valence-electron chi connectivity index (χ2n) is 3.77. The van der Waals surface area contributed by atoms with Gasteiger partial charge in [-0.1, -0.05) is 60.7 Å². The third-order valence-electron chi connectivity index (χ3n) is 2.75. The highest BCUT2D eigenvalue weighted by molar-refractivity contribution is 14.1. The maximum Gasteiger partial charge on any atom is 0.331 e. The minimum Gasteiger partial charge on any atom is -0.480 e. The summed E-state index contributed by atoms with van der Waals surface area (Å²) in [6, 6.07) is 17.5. The Labute approximate surface area is 115 Å². The van der Waals surface area contributed by atoms with Gasteiger partial charge in [0.25, 0.3) is 0 Å². The van der Waals surface area contributed by atoms with Crippen molar-refractivity contribution < 1.29 is 13.0 Å². The molecule has 3 nitrogen and oxygen atoms in total. The van der Waals surface area contributed by atoms with Crippen LogP contribution in [0.15, 0.2) is 60.7 Å². The molecular formula is C14H11IO3. The summed E-state index contributed by atoms with van der Waals surface area (Å²) in [6.45, 7) is 0. The molecule has 0 aromatic heterocycles. The molecule has 2 aromatic rings. The van der Waals surface area contributed by atoms with Crippen molar-refractivity contribution in [3.05, 3.63) is 71.8 Å². The average Bonchev–Trinajstić information content (AvgIpc) is 2.42. The monoisotopic (exact) mass is 354 g/mol. The van der Waals surface area contributed by atoms with Crippen molar-refractivity contribution >= 4 is 27.2 Å². The molecular weight excluding hydrogens is 343 g/mol. The number of carboxylic acid groups (broad SMARTS) is 1. The van der Waals surface area contributed by atoms with E-state index in [1.807, 2.05) is 12.1 Å². The second kappa shape index (κ2) is 5.39. The van der Waals surface area contributed by atoms with Crippen LogP contribution in [0.4, 0.5) is 0 Å². The van der Waals surface area contributed by atoms with Crippen LogP contribution in [-0.4, -0.2) is 11.1 Å². The average molecular weight is 354 g/mol. The van der Waals surface area contributed by atoms with Crippen LogP contribution in [0.1, 0.15) is 11.1 Å². The zero-order chi connectivity index (χ0) is 13.0. The summed E-state index contributed by atoms with van der Waals surface area (Å²) >= 11 is -1.79. The fourth-order valence-corrected chi connectivity index (χ4v) is 3.29. The lowest BCUT2D eigenvalue weighted by molar-refractivity contribution is -0.138. The first kappa shape index (κ1) is 12.9. The van der Waals surface area contributed by atoms with Crippen molar-refractivity contribution in [3.63, 3.8) is 0 Å². The van der Waals surface area contributed by atoms with E-state index in [0.29, 0.717) is 11.1 Å². The smallest absolute Gasteiger partial charge is 0.331 e. The molecule has 0 amide bonds. The molecule has 92 valence electrons. The molecule has 4 heteroatoms. The lowest BCUT2D eigenvalue weighted by atomic mass is 9.91. The Morgan fingerprint density at radius 1 is 0.889 bits per heavy atom. The van der Waals surface area contributed by atoms with E-state index in [0.717, 1.165) is 0 Å². The molecule has 0 bridgehead atoms. The van der Waals surface area contributed by atoms with Gasteiger partial charge < -0.3 is 5.11 Å². The summed E-state index contributed by atoms with van der Waals surface area (Å²) in [5.41, 5.74) is 1.12. The largest absolute Gasteiger partial charge is 0.480 e. The van der Waals surface area contributed by atoms with E-state index in [2.05, 4.69) is 0 Å². The highest BCUT2D eigenvalue weighted by atomic mass is 127. The normalized spacial score (nSPS) is 11.1. The first-order valence-corrected chi connectivity index (χ1v) is 7.30. The summed E-state index contributed by atoms with van der Waals surface area (Å²) in [7, 11) is 0. The number of halogens is 1. The van der Waals surface area contributed by atoms with Crippen molar-refractivity contribution in [1.29, 1.82) is 0 Å². The third kappa shape index (κ3) is 2.08. The molecule has 0 fully saturated rings. The zero-order valence-electron chi connectivity index (χ0n) is 9.42. The number of rotatable bonds is 4. The van der Waals surface area contributed by atoms with Crippen molar-refractivity contribution in [1.82, 2.24) is 0 Å². The predicted octanol–water partition coefficient (Wildman–Crippen LogP) is 3.33. The Bertz CT molecular complexity index is 512. The van der Waals surface area contributed by atoms with Crippen LogP contribution < -0.4 is 0 Å². The van der Waals surface area contributed by atoms with E-state index in [4.69, 9.17) is 0 Å². The molecule has 0 spiro atoms. The molecule has 1 N–H and O–H groups in total. The Hall–Kier alpha value is -1.56. The number of alkyl halides is 1. The SMILES string of the molecule is O=IC(C(=O)O)(c1ccccc1)c1ccccc1. The highest BCUT2D eigenvalue weighted by Crippen LogP contribution is 2.42. The van der Waals surface area contributed by atoms with Gasteiger partial charge in [0.2, 0.25) is 3.42 Å². The molecule has 0 aliphatic heterocycles. The number of aliphatic carboxylic acids is 1. The molecule has 0 aliphatic rings. The minimum atomic E-state index is -1.79. The van der Waals surface area contributed by atoms with E-state index in [9.17, 15) is 13.0 Å². The Kier molecular flexibility index (Phi) is 3.86. The molecule has 0 heterocycles. The zero-order valence-corrected chi connectivity index (χ0v) is 11.6. The molecule has 18 heavy (non-hydrogen) atoms. The Balaban J connectivity index is 2.69. The van der Waals surface area contributed by atoms with Crippen LogP contribution in [0, 0.1) is 0 Å². The van der Waals surface area contributed by atoms with Gasteiger partial charge in [0.1, 0.15) is 0 Å². The van der Waals surface area contributed by atoms with Crippen molar-refractivity contribution in [2.75, 3.05) is 0 Å². The van der Waals surface area contributed by atoms with Crippen LogP contribution in [-0.2, 0) is 11.3 Å². The predicted molar refractivity (Wildman–Crippen MR) is 76.0 cm³/mol. The number of benzene rings is 2. The summed E-state index contributed by atoms with van der Waals surface area (Å²) in [4.78, 5) is 11.7. The van der Waals surface area contributed by atoms with E-state index in [1.54, 1.807) is 48.5 Å². The maximum absolute atomic E-state index is 11.7. The van der Waals surface area contributed by atoms with Crippen molar-refractivity contribution in [2.45, 2.75) is 3.42 Å². The van der Waals surface area contributed by atoms with E-state index in [-0.39, 0.29) is 0 Å². The van der Waals surface area contributed by atoms with Gasteiger partial charge in [-0.15, -0.1) is 0 Å². The van der Waals surface area contributed by atoms with Gasteiger partial charge in [-0.3, -0.25) is 3.07 Å². The number of carbonyl (C=O) groups is 1. The fraction of sp³-hybridized carbons (Fsp3) is 0.0714. The Morgan fingerprint density at radius 3 is 1.56 bits per heavy atom. The summed E-state index contributed by atoms with van der Waals surface area (Å²) in [6.07, 6.45) is 0. The molecule has 0 radical (unpaired) electrons. The van der Waals surface area contributed by atoms with Crippen LogP contribution >= 0.6 is 21.2 Å². The van der Waals surface area contributed by atoms with E-state index in [1.165, 1.54) is 0 Å². The molecule has 0 saturated carbocycles. The van der Waals surface area contributed by atoms with Gasteiger partial charge >= 0.3 is 5.97 Å². The van der Waals surface area contributed by atoms with Crippen LogP contribution in [0.3, 0.4) is 0 Å². The van der Waals surface area contributed by atoms with Gasteiger partial charge in [-0.2, -0.15) is 0 Å². The third-order valence-corrected chi connectivity index (χ3v) is 5.12. The lowest BCUT2D eigenvalue weighted by Gasteiger charge is -2.23. The van der Waals surface area contributed by atoms with Gasteiger partial charge in [0.05, 0.1) is 0 Å². The van der Waals surface area contributed by atoms with Gasteiger partial charge in [0.15, 0.2) is 21.2 Å². The lowest BCUT2D eigenvalue weighted by Crippen LogP contribution is -2.31. The van der Waals surface area contributed by atoms with Gasteiger partial charge in [-0.25, -0.2) is 4.79 Å². The molecule has 0 saturated heterocycles. The quantitative estimate of drug-likeness (QED) is 0.677. The molecule has 2 rings (SSSR count). The van der Waals surface area contributed by atoms with Gasteiger partial charge in [0, 0.05) is 0 Å². The van der Waals surface area contributed by atoms with Crippen LogP contribution in [0.2, 0.25) is 0 Å². The van der Waals surface area contributed by atoms with Crippen LogP contribution in [0.5, 0.6) is 0 Å². The van der Waals surface area contributed by atoms with Gasteiger partial charge in [-0.05, 0) is 11.1 Å². The highest BCUT2D eigenvalue weighted by Gasteiger charge is 2.43. The van der Waals surface area contributed by atoms with E-state index < -0.39 is 30.6 Å².